The van der Waals surface area contributed by atoms with Crippen LogP contribution in [0.5, 0.6) is 5.75 Å². The van der Waals surface area contributed by atoms with Crippen molar-refractivity contribution in [2.45, 2.75) is 25.0 Å². The minimum Gasteiger partial charge on any atom is -0.497 e. The van der Waals surface area contributed by atoms with Gasteiger partial charge in [0.2, 0.25) is 0 Å². The Bertz CT molecular complexity index is 432. The van der Waals surface area contributed by atoms with E-state index in [0.717, 1.165) is 25.3 Å². The minimum absolute atomic E-state index is 0.161. The summed E-state index contributed by atoms with van der Waals surface area (Å²) in [6.45, 7) is 1.80. The third-order valence-electron chi connectivity index (χ3n) is 4.07. The molecule has 0 fully saturated rings. The van der Waals surface area contributed by atoms with Crippen LogP contribution in [0, 0.1) is 0 Å². The molecule has 20 heavy (non-hydrogen) atoms. The lowest BCUT2D eigenvalue weighted by atomic mass is 10.0. The molecule has 1 aromatic rings. The Morgan fingerprint density at radius 2 is 2.00 bits per heavy atom. The van der Waals surface area contributed by atoms with Crippen molar-refractivity contribution in [2.24, 2.45) is 0 Å². The average molecular weight is 279 g/mol. The zero-order chi connectivity index (χ0) is 14.5. The Morgan fingerprint density at radius 1 is 1.25 bits per heavy atom. The predicted octanol–water partition coefficient (Wildman–Crippen LogP) is 2.28. The maximum atomic E-state index is 5.34. The van der Waals surface area contributed by atoms with E-state index in [1.165, 1.54) is 17.5 Å². The molecule has 2 rings (SSSR count). The molecule has 0 spiro atoms. The molecule has 0 N–H and O–H groups in total. The summed E-state index contributed by atoms with van der Waals surface area (Å²) in [5, 5.41) is 0. The summed E-state index contributed by atoms with van der Waals surface area (Å²) < 4.78 is 15.9. The molecular formula is C16H25NO3. The molecular weight excluding hydrogens is 254 g/mol. The van der Waals surface area contributed by atoms with Gasteiger partial charge in [-0.3, -0.25) is 0 Å². The van der Waals surface area contributed by atoms with Gasteiger partial charge >= 0.3 is 0 Å². The second-order valence-electron chi connectivity index (χ2n) is 5.42. The Kier molecular flexibility index (Phi) is 5.40. The van der Waals surface area contributed by atoms with Crippen LogP contribution in [0.15, 0.2) is 18.2 Å². The van der Waals surface area contributed by atoms with Gasteiger partial charge in [0.15, 0.2) is 6.29 Å². The first-order valence-electron chi connectivity index (χ1n) is 7.08. The van der Waals surface area contributed by atoms with E-state index in [9.17, 15) is 0 Å². The van der Waals surface area contributed by atoms with Crippen LogP contribution >= 0.6 is 0 Å². The molecule has 112 valence electrons. The van der Waals surface area contributed by atoms with E-state index in [1.807, 2.05) is 0 Å². The molecule has 0 radical (unpaired) electrons. The van der Waals surface area contributed by atoms with Crippen LogP contribution in [0.2, 0.25) is 0 Å². The van der Waals surface area contributed by atoms with Crippen molar-refractivity contribution in [3.63, 3.8) is 0 Å². The van der Waals surface area contributed by atoms with E-state index in [0.29, 0.717) is 5.92 Å². The van der Waals surface area contributed by atoms with Crippen LogP contribution in [0.1, 0.15) is 23.5 Å². The smallest absolute Gasteiger partial charge is 0.169 e. The standard InChI is InChI=1S/C16H25NO3/c1-17(11-16(19-3)20-4)10-13-6-5-12-7-8-14(18-2)9-15(12)13/h7-9,13,16H,5-6,10-11H2,1-4H3. The SMILES string of the molecule is COc1ccc2c(c1)C(CN(C)CC(OC)OC)CC2. The van der Waals surface area contributed by atoms with Gasteiger partial charge in [-0.2, -0.15) is 0 Å². The third kappa shape index (κ3) is 3.51. The van der Waals surface area contributed by atoms with Gasteiger partial charge in [-0.05, 0) is 49.1 Å². The summed E-state index contributed by atoms with van der Waals surface area (Å²) >= 11 is 0. The molecule has 1 unspecified atom stereocenters. The number of methoxy groups -OCH3 is 3. The summed E-state index contributed by atoms with van der Waals surface area (Å²) in [6.07, 6.45) is 2.21. The Hall–Kier alpha value is -1.10. The lowest BCUT2D eigenvalue weighted by molar-refractivity contribution is -0.114. The van der Waals surface area contributed by atoms with Gasteiger partial charge in [-0.1, -0.05) is 6.07 Å². The number of benzene rings is 1. The number of fused-ring (bicyclic) bond motifs is 1. The molecule has 1 atom stereocenters. The van der Waals surface area contributed by atoms with E-state index in [4.69, 9.17) is 14.2 Å². The summed E-state index contributed by atoms with van der Waals surface area (Å²) in [5.41, 5.74) is 2.89. The maximum Gasteiger partial charge on any atom is 0.169 e. The number of rotatable bonds is 7. The van der Waals surface area contributed by atoms with Crippen LogP contribution in [0.4, 0.5) is 0 Å². The first-order valence-corrected chi connectivity index (χ1v) is 7.08. The van der Waals surface area contributed by atoms with Crippen molar-refractivity contribution in [2.75, 3.05) is 41.5 Å². The third-order valence-corrected chi connectivity index (χ3v) is 4.07. The predicted molar refractivity (Wildman–Crippen MR) is 79.4 cm³/mol. The number of aryl methyl sites for hydroxylation is 1. The van der Waals surface area contributed by atoms with Gasteiger partial charge in [0, 0.05) is 27.3 Å². The van der Waals surface area contributed by atoms with E-state index < -0.39 is 0 Å². The summed E-state index contributed by atoms with van der Waals surface area (Å²) in [5.74, 6) is 1.52. The first-order chi connectivity index (χ1) is 9.67. The molecule has 1 aromatic carbocycles. The lowest BCUT2D eigenvalue weighted by Gasteiger charge is -2.25. The largest absolute Gasteiger partial charge is 0.497 e. The van der Waals surface area contributed by atoms with E-state index in [1.54, 1.807) is 21.3 Å². The maximum absolute atomic E-state index is 5.34. The highest BCUT2D eigenvalue weighted by atomic mass is 16.7. The van der Waals surface area contributed by atoms with Gasteiger partial charge in [-0.25, -0.2) is 0 Å². The van der Waals surface area contributed by atoms with Crippen molar-refractivity contribution >= 4 is 0 Å². The molecule has 0 aromatic heterocycles. The van der Waals surface area contributed by atoms with Gasteiger partial charge < -0.3 is 19.1 Å². The highest BCUT2D eigenvalue weighted by molar-refractivity contribution is 5.41. The van der Waals surface area contributed by atoms with Gasteiger partial charge in [0.25, 0.3) is 0 Å². The molecule has 0 aliphatic heterocycles. The Balaban J connectivity index is 1.99. The average Bonchev–Trinajstić information content (AvgIpc) is 2.86. The van der Waals surface area contributed by atoms with Crippen molar-refractivity contribution in [1.82, 2.24) is 4.90 Å². The van der Waals surface area contributed by atoms with Gasteiger partial charge in [-0.15, -0.1) is 0 Å². The van der Waals surface area contributed by atoms with Crippen LogP contribution in [0.3, 0.4) is 0 Å². The molecule has 4 nitrogen and oxygen atoms in total. The van der Waals surface area contributed by atoms with Crippen molar-refractivity contribution in [1.29, 1.82) is 0 Å². The zero-order valence-electron chi connectivity index (χ0n) is 12.9. The van der Waals surface area contributed by atoms with Crippen molar-refractivity contribution in [3.05, 3.63) is 29.3 Å². The molecule has 1 aliphatic carbocycles. The van der Waals surface area contributed by atoms with Crippen LogP contribution in [-0.4, -0.2) is 52.7 Å². The fourth-order valence-electron chi connectivity index (χ4n) is 2.93. The highest BCUT2D eigenvalue weighted by Crippen LogP contribution is 2.35. The molecule has 0 saturated carbocycles. The monoisotopic (exact) mass is 279 g/mol. The normalized spacial score (nSPS) is 17.8. The molecule has 4 heteroatoms. The first kappa shape index (κ1) is 15.3. The number of hydrogen-bond acceptors (Lipinski definition) is 4. The number of nitrogens with zero attached hydrogens (tertiary/aromatic N) is 1. The molecule has 0 bridgehead atoms. The summed E-state index contributed by atoms with van der Waals surface area (Å²) in [7, 11) is 7.19. The van der Waals surface area contributed by atoms with Crippen molar-refractivity contribution < 1.29 is 14.2 Å². The molecule has 0 amide bonds. The Morgan fingerprint density at radius 3 is 2.65 bits per heavy atom. The second-order valence-corrected chi connectivity index (χ2v) is 5.42. The van der Waals surface area contributed by atoms with E-state index >= 15 is 0 Å². The fraction of sp³-hybridized carbons (Fsp3) is 0.625. The van der Waals surface area contributed by atoms with E-state index in [-0.39, 0.29) is 6.29 Å². The molecule has 0 saturated heterocycles. The van der Waals surface area contributed by atoms with E-state index in [2.05, 4.69) is 30.1 Å². The topological polar surface area (TPSA) is 30.9 Å². The molecule has 0 heterocycles. The Labute approximate surface area is 121 Å². The number of ether oxygens (including phenoxy) is 3. The summed E-state index contributed by atoms with van der Waals surface area (Å²) in [4.78, 5) is 2.27. The number of hydrogen-bond donors (Lipinski definition) is 0. The van der Waals surface area contributed by atoms with Gasteiger partial charge in [0.05, 0.1) is 7.11 Å². The highest BCUT2D eigenvalue weighted by Gasteiger charge is 2.24. The lowest BCUT2D eigenvalue weighted by Crippen LogP contribution is -2.34. The van der Waals surface area contributed by atoms with Crippen LogP contribution in [-0.2, 0) is 15.9 Å². The number of likely N-dealkylation sites (N-methyl/N-ethyl adjacent to an activating group) is 1. The molecule has 1 aliphatic rings. The minimum atomic E-state index is -0.161. The quantitative estimate of drug-likeness (QED) is 0.717. The second kappa shape index (κ2) is 7.07. The van der Waals surface area contributed by atoms with Crippen LogP contribution in [0.25, 0.3) is 0 Å². The summed E-state index contributed by atoms with van der Waals surface area (Å²) in [6, 6.07) is 6.43. The fourth-order valence-corrected chi connectivity index (χ4v) is 2.93. The van der Waals surface area contributed by atoms with Gasteiger partial charge in [0.1, 0.15) is 5.75 Å². The van der Waals surface area contributed by atoms with Crippen LogP contribution < -0.4 is 4.74 Å². The zero-order valence-corrected chi connectivity index (χ0v) is 12.9. The van der Waals surface area contributed by atoms with Crippen molar-refractivity contribution in [3.8, 4) is 5.75 Å².